The molecule has 1 aliphatic heterocycles. The van der Waals surface area contributed by atoms with Crippen LogP contribution < -0.4 is 0 Å². The number of thiazole rings is 1. The molecule has 5 nitrogen and oxygen atoms in total. The van der Waals surface area contributed by atoms with Crippen LogP contribution in [0.2, 0.25) is 0 Å². The van der Waals surface area contributed by atoms with E-state index in [-0.39, 0.29) is 18.1 Å². The maximum atomic E-state index is 12.4. The lowest BCUT2D eigenvalue weighted by Crippen LogP contribution is -2.40. The Labute approximate surface area is 123 Å². The van der Waals surface area contributed by atoms with E-state index in [1.165, 1.54) is 17.8 Å². The molecule has 1 aromatic heterocycles. The van der Waals surface area contributed by atoms with E-state index in [9.17, 15) is 4.79 Å². The number of aromatic nitrogens is 1. The number of hydrogen-bond donors (Lipinski definition) is 0. The van der Waals surface area contributed by atoms with Gasteiger partial charge in [-0.25, -0.2) is 4.98 Å². The van der Waals surface area contributed by atoms with Gasteiger partial charge in [0, 0.05) is 24.4 Å². The number of carbonyl (C=O) groups is 1. The fraction of sp³-hybridized carbons (Fsp3) is 0.714. The SMILES string of the molecule is CN(C)CCO[C@H]1[C@H]2CC[C@H]1N(C(=O)c1cscn1)C2. The number of ether oxygens (including phenoxy) is 1. The number of piperidine rings is 1. The third-order valence-corrected chi connectivity index (χ3v) is 4.86. The maximum Gasteiger partial charge on any atom is 0.273 e. The second-order valence-corrected chi connectivity index (χ2v) is 6.59. The van der Waals surface area contributed by atoms with Crippen molar-refractivity contribution in [3.8, 4) is 0 Å². The fourth-order valence-corrected chi connectivity index (χ4v) is 3.79. The zero-order valence-corrected chi connectivity index (χ0v) is 12.8. The van der Waals surface area contributed by atoms with Crippen LogP contribution in [0.1, 0.15) is 23.3 Å². The van der Waals surface area contributed by atoms with E-state index in [0.29, 0.717) is 11.6 Å². The van der Waals surface area contributed by atoms with E-state index in [4.69, 9.17) is 4.74 Å². The van der Waals surface area contributed by atoms with Crippen molar-refractivity contribution >= 4 is 17.2 Å². The zero-order chi connectivity index (χ0) is 14.1. The van der Waals surface area contributed by atoms with Crippen molar-refractivity contribution in [2.45, 2.75) is 25.0 Å². The second-order valence-electron chi connectivity index (χ2n) is 5.87. The van der Waals surface area contributed by atoms with E-state index in [2.05, 4.69) is 9.88 Å². The Morgan fingerprint density at radius 1 is 1.55 bits per heavy atom. The first-order chi connectivity index (χ1) is 9.66. The van der Waals surface area contributed by atoms with Gasteiger partial charge < -0.3 is 14.5 Å². The average molecular weight is 295 g/mol. The van der Waals surface area contributed by atoms with Gasteiger partial charge in [0.05, 0.1) is 24.3 Å². The Morgan fingerprint density at radius 2 is 2.40 bits per heavy atom. The van der Waals surface area contributed by atoms with Crippen molar-refractivity contribution in [1.29, 1.82) is 0 Å². The lowest BCUT2D eigenvalue weighted by Gasteiger charge is -2.26. The van der Waals surface area contributed by atoms with Crippen molar-refractivity contribution in [3.63, 3.8) is 0 Å². The minimum atomic E-state index is 0.0691. The van der Waals surface area contributed by atoms with Crippen LogP contribution in [0.4, 0.5) is 0 Å². The molecule has 0 aromatic carbocycles. The third-order valence-electron chi connectivity index (χ3n) is 4.27. The van der Waals surface area contributed by atoms with Crippen molar-refractivity contribution in [2.75, 3.05) is 33.8 Å². The summed E-state index contributed by atoms with van der Waals surface area (Å²) in [6.45, 7) is 2.49. The lowest BCUT2D eigenvalue weighted by molar-refractivity contribution is 0.0200. The molecule has 6 heteroatoms. The smallest absolute Gasteiger partial charge is 0.273 e. The number of likely N-dealkylation sites (tertiary alicyclic amines) is 1. The Kier molecular flexibility index (Phi) is 4.05. The van der Waals surface area contributed by atoms with Gasteiger partial charge in [0.25, 0.3) is 5.91 Å². The first-order valence-electron chi connectivity index (χ1n) is 7.12. The molecule has 0 spiro atoms. The third kappa shape index (κ3) is 2.60. The number of amides is 1. The van der Waals surface area contributed by atoms with Crippen LogP contribution in [-0.4, -0.2) is 66.6 Å². The topological polar surface area (TPSA) is 45.7 Å². The first-order valence-corrected chi connectivity index (χ1v) is 8.06. The highest BCUT2D eigenvalue weighted by atomic mass is 32.1. The molecule has 0 radical (unpaired) electrons. The molecule has 1 saturated heterocycles. The monoisotopic (exact) mass is 295 g/mol. The lowest BCUT2D eigenvalue weighted by atomic mass is 10.1. The summed E-state index contributed by atoms with van der Waals surface area (Å²) in [5.41, 5.74) is 2.29. The van der Waals surface area contributed by atoms with Crippen LogP contribution in [-0.2, 0) is 4.74 Å². The van der Waals surface area contributed by atoms with Crippen molar-refractivity contribution < 1.29 is 9.53 Å². The van der Waals surface area contributed by atoms with Gasteiger partial charge in [0.2, 0.25) is 0 Å². The molecule has 2 aliphatic rings. The van der Waals surface area contributed by atoms with Crippen LogP contribution >= 0.6 is 11.3 Å². The quantitative estimate of drug-likeness (QED) is 0.822. The molecule has 110 valence electrons. The minimum absolute atomic E-state index is 0.0691. The van der Waals surface area contributed by atoms with Gasteiger partial charge in [-0.05, 0) is 26.9 Å². The number of fused-ring (bicyclic) bond motifs is 2. The summed E-state index contributed by atoms with van der Waals surface area (Å²) in [5.74, 6) is 0.574. The van der Waals surface area contributed by atoms with E-state index in [1.807, 2.05) is 24.4 Å². The largest absolute Gasteiger partial charge is 0.374 e. The van der Waals surface area contributed by atoms with E-state index in [1.54, 1.807) is 5.51 Å². The van der Waals surface area contributed by atoms with E-state index >= 15 is 0 Å². The molecule has 2 heterocycles. The Balaban J connectivity index is 1.62. The summed E-state index contributed by atoms with van der Waals surface area (Å²) in [5, 5.41) is 1.83. The zero-order valence-electron chi connectivity index (χ0n) is 12.0. The summed E-state index contributed by atoms with van der Waals surface area (Å²) < 4.78 is 6.05. The van der Waals surface area contributed by atoms with Gasteiger partial charge in [0.15, 0.2) is 0 Å². The number of likely N-dealkylation sites (N-methyl/N-ethyl adjacent to an activating group) is 1. The van der Waals surface area contributed by atoms with Crippen molar-refractivity contribution in [2.24, 2.45) is 5.92 Å². The summed E-state index contributed by atoms with van der Waals surface area (Å²) in [6.07, 6.45) is 2.46. The molecule has 3 rings (SSSR count). The molecule has 1 aliphatic carbocycles. The summed E-state index contributed by atoms with van der Waals surface area (Å²) >= 11 is 1.47. The van der Waals surface area contributed by atoms with Gasteiger partial charge in [-0.3, -0.25) is 4.79 Å². The summed E-state index contributed by atoms with van der Waals surface area (Å²) in [7, 11) is 4.09. The molecule has 1 saturated carbocycles. The van der Waals surface area contributed by atoms with Crippen LogP contribution in [0.25, 0.3) is 0 Å². The van der Waals surface area contributed by atoms with Crippen LogP contribution in [0.3, 0.4) is 0 Å². The standard InChI is InChI=1S/C14H21N3O2S/c1-16(2)5-6-19-13-10-3-4-12(13)17(7-10)14(18)11-8-20-9-15-11/h8-10,12-13H,3-7H2,1-2H3/t10-,12+,13-/m0/s1. The van der Waals surface area contributed by atoms with Crippen molar-refractivity contribution in [1.82, 2.24) is 14.8 Å². The van der Waals surface area contributed by atoms with Crippen molar-refractivity contribution in [3.05, 3.63) is 16.6 Å². The van der Waals surface area contributed by atoms with Gasteiger partial charge >= 0.3 is 0 Å². The van der Waals surface area contributed by atoms with Gasteiger partial charge in [-0.1, -0.05) is 0 Å². The molecule has 20 heavy (non-hydrogen) atoms. The first kappa shape index (κ1) is 14.0. The molecule has 2 bridgehead atoms. The minimum Gasteiger partial charge on any atom is -0.374 e. The predicted molar refractivity (Wildman–Crippen MR) is 78.0 cm³/mol. The van der Waals surface area contributed by atoms with Crippen LogP contribution in [0.5, 0.6) is 0 Å². The molecule has 1 amide bonds. The molecule has 0 unspecified atom stereocenters. The van der Waals surface area contributed by atoms with Gasteiger partial charge in [-0.15, -0.1) is 11.3 Å². The molecular weight excluding hydrogens is 274 g/mol. The molecule has 3 atom stereocenters. The highest BCUT2D eigenvalue weighted by molar-refractivity contribution is 7.07. The maximum absolute atomic E-state index is 12.4. The molecular formula is C14H21N3O2S. The Bertz CT molecular complexity index is 463. The highest BCUT2D eigenvalue weighted by Crippen LogP contribution is 2.40. The summed E-state index contributed by atoms with van der Waals surface area (Å²) in [6, 6.07) is 0.247. The van der Waals surface area contributed by atoms with E-state index < -0.39 is 0 Å². The van der Waals surface area contributed by atoms with Crippen LogP contribution in [0.15, 0.2) is 10.9 Å². The molecule has 2 fully saturated rings. The number of nitrogens with zero attached hydrogens (tertiary/aromatic N) is 3. The fourth-order valence-electron chi connectivity index (χ4n) is 3.26. The highest BCUT2D eigenvalue weighted by Gasteiger charge is 2.49. The van der Waals surface area contributed by atoms with Crippen LogP contribution in [0, 0.1) is 5.92 Å². The number of carbonyl (C=O) groups excluding carboxylic acids is 1. The Morgan fingerprint density at radius 3 is 3.10 bits per heavy atom. The normalized spacial score (nSPS) is 28.6. The average Bonchev–Trinajstić information content (AvgIpc) is 3.13. The number of hydrogen-bond acceptors (Lipinski definition) is 5. The summed E-state index contributed by atoms with van der Waals surface area (Å²) in [4.78, 5) is 20.7. The van der Waals surface area contributed by atoms with Gasteiger partial charge in [0.1, 0.15) is 5.69 Å². The molecule has 1 aromatic rings. The van der Waals surface area contributed by atoms with Gasteiger partial charge in [-0.2, -0.15) is 0 Å². The molecule has 0 N–H and O–H groups in total. The predicted octanol–water partition coefficient (Wildman–Crippen LogP) is 1.32. The number of rotatable bonds is 5. The van der Waals surface area contributed by atoms with E-state index in [0.717, 1.165) is 26.1 Å². The second kappa shape index (κ2) is 5.79. The Hall–Kier alpha value is -0.980.